The lowest BCUT2D eigenvalue weighted by Crippen LogP contribution is -2.40. The van der Waals surface area contributed by atoms with Gasteiger partial charge in [0.05, 0.1) is 25.4 Å². The van der Waals surface area contributed by atoms with E-state index >= 15 is 0 Å². The Morgan fingerprint density at radius 1 is 1.25 bits per heavy atom. The lowest BCUT2D eigenvalue weighted by atomic mass is 10.1. The van der Waals surface area contributed by atoms with Crippen LogP contribution < -0.4 is 5.32 Å². The SMILES string of the molecule is C=C1N(OCCOC)C/C=C(F)\C=C/C(C)N1CCC(=O)CCNc1ccc(F)cc1F. The fourth-order valence-corrected chi connectivity index (χ4v) is 3.09. The van der Waals surface area contributed by atoms with E-state index in [0.29, 0.717) is 19.0 Å². The molecule has 1 aliphatic rings. The first kappa shape index (κ1) is 25.5. The Kier molecular flexibility index (Phi) is 10.3. The zero-order valence-corrected chi connectivity index (χ0v) is 18.5. The van der Waals surface area contributed by atoms with Crippen LogP contribution in [0.4, 0.5) is 18.9 Å². The summed E-state index contributed by atoms with van der Waals surface area (Å²) in [5, 5.41) is 4.28. The number of carbonyl (C=O) groups excluding carboxylic acids is 1. The molecule has 176 valence electrons. The standard InChI is InChI=1S/C23H30F3N3O3/c1-17-4-5-19(24)9-13-29(32-15-14-31-3)18(2)28(17)12-10-21(30)8-11-27-23-7-6-20(25)16-22(23)26/h4-7,9,16-17,27H,2,8,10-15H2,1,3H3/b5-4-,19-9+. The number of nitrogens with one attached hydrogen (secondary N) is 1. The average molecular weight is 454 g/mol. The smallest absolute Gasteiger partial charge is 0.149 e. The second kappa shape index (κ2) is 12.9. The number of nitrogens with zero attached hydrogens (tertiary/aromatic N) is 2. The third kappa shape index (κ3) is 8.05. The van der Waals surface area contributed by atoms with Gasteiger partial charge in [0, 0.05) is 45.1 Å². The van der Waals surface area contributed by atoms with E-state index in [-0.39, 0.29) is 55.9 Å². The van der Waals surface area contributed by atoms with Crippen molar-refractivity contribution in [2.45, 2.75) is 25.8 Å². The zero-order valence-electron chi connectivity index (χ0n) is 18.5. The lowest BCUT2D eigenvalue weighted by molar-refractivity contribution is -0.152. The summed E-state index contributed by atoms with van der Waals surface area (Å²) in [7, 11) is 1.56. The molecular formula is C23H30F3N3O3. The third-order valence-electron chi connectivity index (χ3n) is 4.91. The molecule has 1 unspecified atom stereocenters. The Morgan fingerprint density at radius 3 is 2.75 bits per heavy atom. The molecule has 0 saturated carbocycles. The molecule has 6 nitrogen and oxygen atoms in total. The number of benzene rings is 1. The van der Waals surface area contributed by atoms with Gasteiger partial charge >= 0.3 is 0 Å². The van der Waals surface area contributed by atoms with Crippen molar-refractivity contribution in [2.75, 3.05) is 45.3 Å². The molecule has 9 heteroatoms. The van der Waals surface area contributed by atoms with E-state index < -0.39 is 11.6 Å². The van der Waals surface area contributed by atoms with Gasteiger partial charge in [-0.1, -0.05) is 12.7 Å². The quantitative estimate of drug-likeness (QED) is 0.507. The summed E-state index contributed by atoms with van der Waals surface area (Å²) in [5.74, 6) is -1.29. The summed E-state index contributed by atoms with van der Waals surface area (Å²) < 4.78 is 45.6. The molecule has 0 radical (unpaired) electrons. The van der Waals surface area contributed by atoms with Crippen molar-refractivity contribution in [3.63, 3.8) is 0 Å². The molecule has 1 heterocycles. The summed E-state index contributed by atoms with van der Waals surface area (Å²) >= 11 is 0. The number of ketones is 1. The highest BCUT2D eigenvalue weighted by atomic mass is 19.1. The molecule has 0 aliphatic carbocycles. The van der Waals surface area contributed by atoms with Gasteiger partial charge in [0.1, 0.15) is 29.1 Å². The molecule has 0 bridgehead atoms. The number of hydrogen-bond acceptors (Lipinski definition) is 6. The number of rotatable bonds is 11. The van der Waals surface area contributed by atoms with E-state index in [4.69, 9.17) is 9.57 Å². The van der Waals surface area contributed by atoms with Crippen LogP contribution in [0.1, 0.15) is 19.8 Å². The van der Waals surface area contributed by atoms with Gasteiger partial charge in [-0.3, -0.25) is 9.63 Å². The number of carbonyl (C=O) groups is 1. The van der Waals surface area contributed by atoms with Crippen molar-refractivity contribution in [3.8, 4) is 0 Å². The molecule has 0 fully saturated rings. The minimum Gasteiger partial charge on any atom is -0.382 e. The molecule has 1 N–H and O–H groups in total. The highest BCUT2D eigenvalue weighted by molar-refractivity contribution is 5.79. The zero-order chi connectivity index (χ0) is 23.5. The fraction of sp³-hybridized carbons (Fsp3) is 0.435. The first-order chi connectivity index (χ1) is 15.3. The maximum Gasteiger partial charge on any atom is 0.149 e. The molecule has 2 rings (SSSR count). The monoisotopic (exact) mass is 453 g/mol. The largest absolute Gasteiger partial charge is 0.382 e. The van der Waals surface area contributed by atoms with Crippen LogP contribution in [-0.4, -0.2) is 61.7 Å². The van der Waals surface area contributed by atoms with Crippen LogP contribution >= 0.6 is 0 Å². The number of Topliss-reactive ketones (excluding diaryl/α,β-unsaturated/α-hetero) is 1. The van der Waals surface area contributed by atoms with Crippen LogP contribution in [0.3, 0.4) is 0 Å². The van der Waals surface area contributed by atoms with E-state index in [9.17, 15) is 18.0 Å². The minimum atomic E-state index is -0.708. The van der Waals surface area contributed by atoms with Crippen molar-refractivity contribution in [1.29, 1.82) is 0 Å². The summed E-state index contributed by atoms with van der Waals surface area (Å²) in [6, 6.07) is 3.00. The number of hydrogen-bond donors (Lipinski definition) is 1. The van der Waals surface area contributed by atoms with Gasteiger partial charge in [-0.2, -0.15) is 0 Å². The fourth-order valence-electron chi connectivity index (χ4n) is 3.09. The second-order valence-electron chi connectivity index (χ2n) is 7.28. The Morgan fingerprint density at radius 2 is 2.03 bits per heavy atom. The Bertz CT molecular complexity index is 845. The predicted molar refractivity (Wildman–Crippen MR) is 117 cm³/mol. The van der Waals surface area contributed by atoms with E-state index in [0.717, 1.165) is 12.1 Å². The van der Waals surface area contributed by atoms with Gasteiger partial charge in [0.15, 0.2) is 0 Å². The lowest BCUT2D eigenvalue weighted by Gasteiger charge is -2.36. The number of allylic oxidation sites excluding steroid dienone is 2. The van der Waals surface area contributed by atoms with Crippen LogP contribution in [0.5, 0.6) is 0 Å². The first-order valence-electron chi connectivity index (χ1n) is 10.4. The maximum atomic E-state index is 13.9. The number of anilines is 1. The van der Waals surface area contributed by atoms with E-state index in [2.05, 4.69) is 11.9 Å². The average Bonchev–Trinajstić information content (AvgIpc) is 2.79. The molecule has 0 spiro atoms. The number of methoxy groups -OCH3 is 1. The third-order valence-corrected chi connectivity index (χ3v) is 4.91. The van der Waals surface area contributed by atoms with E-state index in [1.165, 1.54) is 23.3 Å². The van der Waals surface area contributed by atoms with Gasteiger partial charge in [-0.25, -0.2) is 18.2 Å². The van der Waals surface area contributed by atoms with Crippen LogP contribution in [0.15, 0.2) is 54.7 Å². The summed E-state index contributed by atoms with van der Waals surface area (Å²) in [6.45, 7) is 7.31. The Balaban J connectivity index is 1.92. The van der Waals surface area contributed by atoms with Gasteiger partial charge < -0.3 is 15.0 Å². The van der Waals surface area contributed by atoms with E-state index in [1.54, 1.807) is 13.2 Å². The number of halogens is 3. The minimum absolute atomic E-state index is 0.0416. The molecule has 0 amide bonds. The molecule has 1 aromatic rings. The van der Waals surface area contributed by atoms with Crippen molar-refractivity contribution in [2.24, 2.45) is 0 Å². The van der Waals surface area contributed by atoms with Crippen LogP contribution in [0.25, 0.3) is 0 Å². The molecule has 0 saturated heterocycles. The Labute approximate surface area is 186 Å². The maximum absolute atomic E-state index is 13.9. The van der Waals surface area contributed by atoms with Gasteiger partial charge in [0.25, 0.3) is 0 Å². The highest BCUT2D eigenvalue weighted by Gasteiger charge is 2.21. The first-order valence-corrected chi connectivity index (χ1v) is 10.4. The summed E-state index contributed by atoms with van der Waals surface area (Å²) in [4.78, 5) is 19.9. The van der Waals surface area contributed by atoms with Crippen molar-refractivity contribution >= 4 is 11.5 Å². The van der Waals surface area contributed by atoms with Crippen LogP contribution in [-0.2, 0) is 14.4 Å². The predicted octanol–water partition coefficient (Wildman–Crippen LogP) is 4.19. The Hall–Kier alpha value is -2.78. The van der Waals surface area contributed by atoms with Gasteiger partial charge in [-0.05, 0) is 31.2 Å². The molecule has 1 aliphatic heterocycles. The van der Waals surface area contributed by atoms with E-state index in [1.807, 2.05) is 11.8 Å². The number of ether oxygens (including phenoxy) is 1. The van der Waals surface area contributed by atoms with Gasteiger partial charge in [0.2, 0.25) is 0 Å². The van der Waals surface area contributed by atoms with Crippen molar-refractivity contribution in [1.82, 2.24) is 9.96 Å². The van der Waals surface area contributed by atoms with Gasteiger partial charge in [-0.15, -0.1) is 0 Å². The molecule has 0 aromatic heterocycles. The topological polar surface area (TPSA) is 54.0 Å². The molecular weight excluding hydrogens is 423 g/mol. The van der Waals surface area contributed by atoms with Crippen LogP contribution in [0.2, 0.25) is 0 Å². The summed E-state index contributed by atoms with van der Waals surface area (Å²) in [5.41, 5.74) is 0.143. The summed E-state index contributed by atoms with van der Waals surface area (Å²) in [6.07, 6.45) is 4.85. The molecule has 1 atom stereocenters. The van der Waals surface area contributed by atoms with Crippen LogP contribution in [0, 0.1) is 11.6 Å². The highest BCUT2D eigenvalue weighted by Crippen LogP contribution is 2.19. The normalized spacial score (nSPS) is 19.6. The molecule has 32 heavy (non-hydrogen) atoms. The molecule has 1 aromatic carbocycles. The second-order valence-corrected chi connectivity index (χ2v) is 7.28. The van der Waals surface area contributed by atoms with Crippen molar-refractivity contribution in [3.05, 3.63) is 66.3 Å². The number of hydroxylamine groups is 2. The van der Waals surface area contributed by atoms with Crippen molar-refractivity contribution < 1.29 is 27.5 Å².